The smallest absolute Gasteiger partial charge is 0.241 e. The molecule has 126 valence electrons. The van der Waals surface area contributed by atoms with Gasteiger partial charge in [-0.3, -0.25) is 9.59 Å². The molecule has 5 nitrogen and oxygen atoms in total. The summed E-state index contributed by atoms with van der Waals surface area (Å²) >= 11 is 0. The zero-order chi connectivity index (χ0) is 17.0. The van der Waals surface area contributed by atoms with Crippen LogP contribution in [0.25, 0.3) is 0 Å². The molecule has 25 heavy (non-hydrogen) atoms. The molecular weight excluding hydrogens is 316 g/mol. The van der Waals surface area contributed by atoms with Gasteiger partial charge in [0.25, 0.3) is 0 Å². The molecule has 0 saturated carbocycles. The average molecular weight is 334 g/mol. The van der Waals surface area contributed by atoms with Crippen molar-refractivity contribution in [1.82, 2.24) is 4.90 Å². The summed E-state index contributed by atoms with van der Waals surface area (Å²) < 4.78 is 5.89. The van der Waals surface area contributed by atoms with Gasteiger partial charge in [-0.1, -0.05) is 48.5 Å². The van der Waals surface area contributed by atoms with Crippen molar-refractivity contribution in [3.63, 3.8) is 0 Å². The molecule has 2 amide bonds. The normalized spacial score (nSPS) is 30.3. The first kappa shape index (κ1) is 14.7. The van der Waals surface area contributed by atoms with Crippen LogP contribution >= 0.6 is 0 Å². The molecule has 2 saturated heterocycles. The molecule has 5 rings (SSSR count). The van der Waals surface area contributed by atoms with Crippen LogP contribution < -0.4 is 5.32 Å². The van der Waals surface area contributed by atoms with E-state index in [4.69, 9.17) is 4.74 Å². The average Bonchev–Trinajstić information content (AvgIpc) is 3.16. The number of nitrogens with zero attached hydrogens (tertiary/aromatic N) is 1. The highest BCUT2D eigenvalue weighted by molar-refractivity contribution is 6.14. The van der Waals surface area contributed by atoms with Gasteiger partial charge in [0.15, 0.2) is 6.23 Å². The number of hydrogen-bond acceptors (Lipinski definition) is 3. The second-order valence-corrected chi connectivity index (χ2v) is 7.04. The zero-order valence-corrected chi connectivity index (χ0v) is 13.6. The maximum atomic E-state index is 13.4. The van der Waals surface area contributed by atoms with Crippen LogP contribution in [0.3, 0.4) is 0 Å². The van der Waals surface area contributed by atoms with E-state index in [0.717, 1.165) is 16.8 Å². The third-order valence-corrected chi connectivity index (χ3v) is 5.60. The predicted molar refractivity (Wildman–Crippen MR) is 91.6 cm³/mol. The highest BCUT2D eigenvalue weighted by atomic mass is 16.5. The summed E-state index contributed by atoms with van der Waals surface area (Å²) in [7, 11) is 0. The summed E-state index contributed by atoms with van der Waals surface area (Å²) in [5.41, 5.74) is 1.78. The van der Waals surface area contributed by atoms with Crippen LogP contribution in [-0.2, 0) is 20.7 Å². The number of amides is 2. The van der Waals surface area contributed by atoms with Gasteiger partial charge in [0.1, 0.15) is 5.41 Å². The van der Waals surface area contributed by atoms with Gasteiger partial charge in [0.05, 0.1) is 12.6 Å². The van der Waals surface area contributed by atoms with E-state index in [0.29, 0.717) is 19.4 Å². The maximum absolute atomic E-state index is 13.4. The van der Waals surface area contributed by atoms with Crippen molar-refractivity contribution in [2.75, 3.05) is 11.9 Å². The van der Waals surface area contributed by atoms with E-state index < -0.39 is 11.6 Å². The molecule has 0 radical (unpaired) electrons. The van der Waals surface area contributed by atoms with E-state index in [1.165, 1.54) is 0 Å². The number of fused-ring (bicyclic) bond motifs is 2. The number of carbonyl (C=O) groups excluding carboxylic acids is 2. The number of benzene rings is 2. The SMILES string of the molecule is O=C1Nc2ccccc2C[C@]12C[C@H]1CO[C@H](c3ccccc3)N1C2=O. The van der Waals surface area contributed by atoms with Crippen molar-refractivity contribution in [3.8, 4) is 0 Å². The number of nitrogens with one attached hydrogen (secondary N) is 1. The molecule has 0 unspecified atom stereocenters. The molecule has 5 heteroatoms. The number of para-hydroxylation sites is 1. The molecule has 3 atom stereocenters. The van der Waals surface area contributed by atoms with Gasteiger partial charge in [0, 0.05) is 11.3 Å². The standard InChI is InChI=1S/C20H18N2O3/c23-18-20(10-14-8-4-5-9-16(14)21-18)11-15-12-25-17(22(15)19(20)24)13-6-2-1-3-7-13/h1-9,15,17H,10-12H2,(H,21,23)/t15-,17+,20-/m0/s1. The minimum Gasteiger partial charge on any atom is -0.352 e. The van der Waals surface area contributed by atoms with Gasteiger partial charge in [-0.15, -0.1) is 0 Å². The summed E-state index contributed by atoms with van der Waals surface area (Å²) in [4.78, 5) is 28.0. The van der Waals surface area contributed by atoms with E-state index >= 15 is 0 Å². The summed E-state index contributed by atoms with van der Waals surface area (Å²) in [6.07, 6.45) is 0.570. The number of rotatable bonds is 1. The number of hydrogen-bond donors (Lipinski definition) is 1. The third kappa shape index (κ3) is 1.99. The van der Waals surface area contributed by atoms with Crippen molar-refractivity contribution in [2.24, 2.45) is 5.41 Å². The van der Waals surface area contributed by atoms with Crippen LogP contribution in [0, 0.1) is 5.41 Å². The van der Waals surface area contributed by atoms with E-state index in [-0.39, 0.29) is 17.9 Å². The van der Waals surface area contributed by atoms with Gasteiger partial charge in [-0.2, -0.15) is 0 Å². The molecule has 1 spiro atoms. The van der Waals surface area contributed by atoms with Crippen LogP contribution in [0.2, 0.25) is 0 Å². The Morgan fingerprint density at radius 2 is 1.80 bits per heavy atom. The molecule has 3 aliphatic rings. The summed E-state index contributed by atoms with van der Waals surface area (Å²) in [5.74, 6) is -0.298. The van der Waals surface area contributed by atoms with Crippen molar-refractivity contribution < 1.29 is 14.3 Å². The number of anilines is 1. The molecule has 3 heterocycles. The number of ether oxygens (including phenoxy) is 1. The Morgan fingerprint density at radius 3 is 2.64 bits per heavy atom. The maximum Gasteiger partial charge on any atom is 0.241 e. The van der Waals surface area contributed by atoms with Crippen molar-refractivity contribution in [3.05, 3.63) is 65.7 Å². The minimum absolute atomic E-state index is 0.0475. The lowest BCUT2D eigenvalue weighted by Gasteiger charge is -2.33. The van der Waals surface area contributed by atoms with Crippen LogP contribution in [0.1, 0.15) is 23.8 Å². The van der Waals surface area contributed by atoms with Gasteiger partial charge in [0.2, 0.25) is 11.8 Å². The summed E-state index contributed by atoms with van der Waals surface area (Å²) in [5, 5.41) is 2.94. The molecule has 1 N–H and O–H groups in total. The molecule has 0 aliphatic carbocycles. The Bertz CT molecular complexity index is 866. The highest BCUT2D eigenvalue weighted by Gasteiger charge is 2.61. The summed E-state index contributed by atoms with van der Waals surface area (Å²) in [6, 6.07) is 17.4. The molecular formula is C20H18N2O3. The number of carbonyl (C=O) groups is 2. The predicted octanol–water partition coefficient (Wildman–Crippen LogP) is 2.50. The summed E-state index contributed by atoms with van der Waals surface area (Å²) in [6.45, 7) is 0.474. The van der Waals surface area contributed by atoms with Crippen molar-refractivity contribution >= 4 is 17.5 Å². The van der Waals surface area contributed by atoms with E-state index in [9.17, 15) is 9.59 Å². The lowest BCUT2D eigenvalue weighted by atomic mass is 9.75. The Hall–Kier alpha value is -2.66. The first-order chi connectivity index (χ1) is 12.2. The van der Waals surface area contributed by atoms with Gasteiger partial charge in [-0.25, -0.2) is 0 Å². The lowest BCUT2D eigenvalue weighted by Crippen LogP contribution is -2.48. The Kier molecular flexibility index (Phi) is 3.03. The molecule has 2 aromatic rings. The second-order valence-electron chi connectivity index (χ2n) is 7.04. The van der Waals surface area contributed by atoms with E-state index in [1.807, 2.05) is 54.6 Å². The van der Waals surface area contributed by atoms with Gasteiger partial charge < -0.3 is 15.0 Å². The molecule has 2 aromatic carbocycles. The minimum atomic E-state index is -1.00. The fourth-order valence-corrected chi connectivity index (χ4v) is 4.38. The van der Waals surface area contributed by atoms with Crippen LogP contribution in [0.15, 0.2) is 54.6 Å². The fraction of sp³-hybridized carbons (Fsp3) is 0.300. The highest BCUT2D eigenvalue weighted by Crippen LogP contribution is 2.49. The molecule has 3 aliphatic heterocycles. The van der Waals surface area contributed by atoms with Crippen LogP contribution in [0.5, 0.6) is 0 Å². The Labute approximate surface area is 145 Å². The Morgan fingerprint density at radius 1 is 1.04 bits per heavy atom. The molecule has 0 aromatic heterocycles. The second kappa shape index (κ2) is 5.17. The van der Waals surface area contributed by atoms with Crippen LogP contribution in [-0.4, -0.2) is 29.4 Å². The zero-order valence-electron chi connectivity index (χ0n) is 13.6. The van der Waals surface area contributed by atoms with E-state index in [2.05, 4.69) is 5.32 Å². The van der Waals surface area contributed by atoms with E-state index in [1.54, 1.807) is 4.90 Å². The first-order valence-electron chi connectivity index (χ1n) is 8.58. The monoisotopic (exact) mass is 334 g/mol. The fourth-order valence-electron chi connectivity index (χ4n) is 4.38. The van der Waals surface area contributed by atoms with Crippen LogP contribution in [0.4, 0.5) is 5.69 Å². The van der Waals surface area contributed by atoms with Gasteiger partial charge >= 0.3 is 0 Å². The molecule has 0 bridgehead atoms. The quantitative estimate of drug-likeness (QED) is 0.815. The largest absolute Gasteiger partial charge is 0.352 e. The van der Waals surface area contributed by atoms with Gasteiger partial charge in [-0.05, 0) is 24.5 Å². The third-order valence-electron chi connectivity index (χ3n) is 5.60. The topological polar surface area (TPSA) is 58.6 Å². The molecule has 2 fully saturated rings. The lowest BCUT2D eigenvalue weighted by molar-refractivity contribution is -0.148. The Balaban J connectivity index is 1.52. The first-order valence-corrected chi connectivity index (χ1v) is 8.58. The van der Waals surface area contributed by atoms with Crippen molar-refractivity contribution in [2.45, 2.75) is 25.1 Å². The van der Waals surface area contributed by atoms with Crippen molar-refractivity contribution in [1.29, 1.82) is 0 Å².